The molecule has 2 N–H and O–H groups in total. The van der Waals surface area contributed by atoms with Crippen LogP contribution in [0.15, 0.2) is 72.8 Å². The zero-order valence-corrected chi connectivity index (χ0v) is 14.0. The molecule has 1 heterocycles. The average molecular weight is 365 g/mol. The quantitative estimate of drug-likeness (QED) is 0.506. The molecule has 134 valence electrons. The van der Waals surface area contributed by atoms with Crippen molar-refractivity contribution >= 4 is 16.6 Å². The number of hydrogen-bond donors (Lipinski definition) is 1. The fraction of sp³-hybridized carbons (Fsp3) is 0.0476. The molecule has 1 aromatic heterocycles. The number of nitrogens with two attached hydrogens (primary N) is 1. The molecule has 0 radical (unpaired) electrons. The molecule has 0 bridgehead atoms. The van der Waals surface area contributed by atoms with E-state index in [2.05, 4.69) is 9.97 Å². The van der Waals surface area contributed by atoms with E-state index in [0.717, 1.165) is 28.5 Å². The molecule has 3 nitrogen and oxygen atoms in total. The first-order valence-corrected chi connectivity index (χ1v) is 8.21. The van der Waals surface area contributed by atoms with Crippen LogP contribution in [0.5, 0.6) is 0 Å². The van der Waals surface area contributed by atoms with Gasteiger partial charge in [0, 0.05) is 17.2 Å². The summed E-state index contributed by atoms with van der Waals surface area (Å²) in [7, 11) is 0. The molecular weight excluding hydrogens is 351 g/mol. The summed E-state index contributed by atoms with van der Waals surface area (Å²) >= 11 is 0. The topological polar surface area (TPSA) is 51.8 Å². The number of halogens is 3. The maximum Gasteiger partial charge on any atom is 0.416 e. The van der Waals surface area contributed by atoms with Gasteiger partial charge in [-0.2, -0.15) is 13.2 Å². The molecule has 6 heteroatoms. The van der Waals surface area contributed by atoms with E-state index < -0.39 is 11.7 Å². The Bertz CT molecular complexity index is 1120. The number of nitrogen functional groups attached to an aromatic ring is 1. The van der Waals surface area contributed by atoms with Gasteiger partial charge in [0.05, 0.1) is 11.3 Å². The van der Waals surface area contributed by atoms with Gasteiger partial charge in [-0.25, -0.2) is 9.97 Å². The monoisotopic (exact) mass is 365 g/mol. The van der Waals surface area contributed by atoms with Crippen LogP contribution in [0.4, 0.5) is 19.0 Å². The van der Waals surface area contributed by atoms with Crippen LogP contribution < -0.4 is 5.73 Å². The number of nitrogens with zero attached hydrogens (tertiary/aromatic N) is 2. The number of alkyl halides is 3. The lowest BCUT2D eigenvalue weighted by molar-refractivity contribution is -0.137. The summed E-state index contributed by atoms with van der Waals surface area (Å²) in [5.74, 6) is 0.679. The third-order valence-electron chi connectivity index (χ3n) is 4.26. The molecule has 0 saturated carbocycles. The maximum absolute atomic E-state index is 12.8. The Balaban J connectivity index is 1.76. The molecule has 27 heavy (non-hydrogen) atoms. The first-order valence-electron chi connectivity index (χ1n) is 8.21. The van der Waals surface area contributed by atoms with Crippen molar-refractivity contribution in [1.29, 1.82) is 0 Å². The van der Waals surface area contributed by atoms with Crippen LogP contribution in [0, 0.1) is 0 Å². The van der Waals surface area contributed by atoms with E-state index in [4.69, 9.17) is 5.73 Å². The lowest BCUT2D eigenvalue weighted by atomic mass is 10.1. The third kappa shape index (κ3) is 3.46. The van der Waals surface area contributed by atoms with E-state index in [-0.39, 0.29) is 5.82 Å². The van der Waals surface area contributed by atoms with Crippen LogP contribution in [-0.4, -0.2) is 9.97 Å². The van der Waals surface area contributed by atoms with Gasteiger partial charge in [0.25, 0.3) is 0 Å². The second kappa shape index (κ2) is 6.39. The maximum atomic E-state index is 12.8. The highest BCUT2D eigenvalue weighted by molar-refractivity contribution is 5.86. The summed E-state index contributed by atoms with van der Waals surface area (Å²) in [6.07, 6.45) is -4.38. The SMILES string of the molecule is Nc1cc(-c2ccc(C(F)(F)F)cc2)nc(-c2ccc3ccccc3c2)n1. The van der Waals surface area contributed by atoms with Crippen molar-refractivity contribution in [3.63, 3.8) is 0 Å². The minimum absolute atomic E-state index is 0.253. The Morgan fingerprint density at radius 3 is 2.07 bits per heavy atom. The Morgan fingerprint density at radius 1 is 0.704 bits per heavy atom. The predicted molar refractivity (Wildman–Crippen MR) is 99.8 cm³/mol. The molecule has 0 atom stereocenters. The molecule has 0 amide bonds. The van der Waals surface area contributed by atoms with Crippen LogP contribution in [0.3, 0.4) is 0 Å². The Labute approximate surface area is 153 Å². The number of aromatic nitrogens is 2. The minimum Gasteiger partial charge on any atom is -0.384 e. The van der Waals surface area contributed by atoms with Crippen molar-refractivity contribution < 1.29 is 13.2 Å². The van der Waals surface area contributed by atoms with E-state index >= 15 is 0 Å². The summed E-state index contributed by atoms with van der Waals surface area (Å²) in [6, 6.07) is 20.1. The van der Waals surface area contributed by atoms with Crippen LogP contribution in [0.25, 0.3) is 33.4 Å². The number of rotatable bonds is 2. The highest BCUT2D eigenvalue weighted by atomic mass is 19.4. The van der Waals surface area contributed by atoms with E-state index in [0.29, 0.717) is 17.1 Å². The highest BCUT2D eigenvalue weighted by Crippen LogP contribution is 2.31. The smallest absolute Gasteiger partial charge is 0.384 e. The van der Waals surface area contributed by atoms with Crippen molar-refractivity contribution in [2.24, 2.45) is 0 Å². The summed E-state index contributed by atoms with van der Waals surface area (Å²) < 4.78 is 38.3. The summed E-state index contributed by atoms with van der Waals surface area (Å²) in [5, 5.41) is 2.13. The summed E-state index contributed by atoms with van der Waals surface area (Å²) in [5.41, 5.74) is 7.01. The van der Waals surface area contributed by atoms with Crippen LogP contribution in [-0.2, 0) is 6.18 Å². The zero-order valence-electron chi connectivity index (χ0n) is 14.0. The van der Waals surface area contributed by atoms with Crippen LogP contribution in [0.1, 0.15) is 5.56 Å². The molecular formula is C21H14F3N3. The van der Waals surface area contributed by atoms with Crippen molar-refractivity contribution in [3.8, 4) is 22.6 Å². The van der Waals surface area contributed by atoms with E-state index in [1.54, 1.807) is 6.07 Å². The van der Waals surface area contributed by atoms with Gasteiger partial charge in [-0.15, -0.1) is 0 Å². The van der Waals surface area contributed by atoms with Gasteiger partial charge < -0.3 is 5.73 Å². The largest absolute Gasteiger partial charge is 0.416 e. The van der Waals surface area contributed by atoms with E-state index in [1.807, 2.05) is 42.5 Å². The second-order valence-electron chi connectivity index (χ2n) is 6.14. The first-order chi connectivity index (χ1) is 12.9. The number of fused-ring (bicyclic) bond motifs is 1. The van der Waals surface area contributed by atoms with Gasteiger partial charge in [-0.1, -0.05) is 48.5 Å². The number of hydrogen-bond acceptors (Lipinski definition) is 3. The standard InChI is InChI=1S/C21H14F3N3/c22-21(23,24)17-9-7-14(8-10-17)18-12-19(25)27-20(26-18)16-6-5-13-3-1-2-4-15(13)11-16/h1-12H,(H2,25,26,27). The fourth-order valence-corrected chi connectivity index (χ4v) is 2.90. The molecule has 3 aromatic carbocycles. The van der Waals surface area contributed by atoms with E-state index in [1.165, 1.54) is 12.1 Å². The lowest BCUT2D eigenvalue weighted by Crippen LogP contribution is -2.04. The number of benzene rings is 3. The van der Waals surface area contributed by atoms with Gasteiger partial charge in [-0.3, -0.25) is 0 Å². The Kier molecular flexibility index (Phi) is 4.03. The van der Waals surface area contributed by atoms with Gasteiger partial charge in [0.2, 0.25) is 0 Å². The van der Waals surface area contributed by atoms with E-state index in [9.17, 15) is 13.2 Å². The normalized spacial score (nSPS) is 11.7. The molecule has 0 aliphatic rings. The Morgan fingerprint density at radius 2 is 1.37 bits per heavy atom. The summed E-state index contributed by atoms with van der Waals surface area (Å²) in [6.45, 7) is 0. The lowest BCUT2D eigenvalue weighted by Gasteiger charge is -2.09. The highest BCUT2D eigenvalue weighted by Gasteiger charge is 2.30. The van der Waals surface area contributed by atoms with Gasteiger partial charge in [0.15, 0.2) is 5.82 Å². The van der Waals surface area contributed by atoms with Gasteiger partial charge in [-0.05, 0) is 29.0 Å². The Hall–Kier alpha value is -3.41. The first kappa shape index (κ1) is 17.0. The molecule has 0 aliphatic carbocycles. The molecule has 0 fully saturated rings. The zero-order chi connectivity index (χ0) is 19.0. The van der Waals surface area contributed by atoms with Crippen LogP contribution >= 0.6 is 0 Å². The molecule has 0 aliphatic heterocycles. The molecule has 0 unspecified atom stereocenters. The number of anilines is 1. The van der Waals surface area contributed by atoms with Gasteiger partial charge >= 0.3 is 6.18 Å². The minimum atomic E-state index is -4.38. The van der Waals surface area contributed by atoms with Crippen molar-refractivity contribution in [2.45, 2.75) is 6.18 Å². The molecule has 0 spiro atoms. The van der Waals surface area contributed by atoms with Crippen molar-refractivity contribution in [3.05, 3.63) is 78.4 Å². The van der Waals surface area contributed by atoms with Crippen LogP contribution in [0.2, 0.25) is 0 Å². The van der Waals surface area contributed by atoms with Crippen molar-refractivity contribution in [1.82, 2.24) is 9.97 Å². The summed E-state index contributed by atoms with van der Waals surface area (Å²) in [4.78, 5) is 8.78. The second-order valence-corrected chi connectivity index (χ2v) is 6.14. The average Bonchev–Trinajstić information content (AvgIpc) is 2.66. The molecule has 4 aromatic rings. The molecule has 0 saturated heterocycles. The predicted octanol–water partition coefficient (Wildman–Crippen LogP) is 5.56. The fourth-order valence-electron chi connectivity index (χ4n) is 2.90. The third-order valence-corrected chi connectivity index (χ3v) is 4.26. The van der Waals surface area contributed by atoms with Crippen molar-refractivity contribution in [2.75, 3.05) is 5.73 Å². The molecule has 4 rings (SSSR count). The van der Waals surface area contributed by atoms with Gasteiger partial charge in [0.1, 0.15) is 5.82 Å².